The number of rotatable bonds is 4. The van der Waals surface area contributed by atoms with Crippen molar-refractivity contribution in [2.45, 2.75) is 12.5 Å². The van der Waals surface area contributed by atoms with Gasteiger partial charge in [0.15, 0.2) is 5.96 Å². The molecular formula is C13H15BrFN3O2. The van der Waals surface area contributed by atoms with Crippen molar-refractivity contribution in [2.24, 2.45) is 4.99 Å². The molecular weight excluding hydrogens is 329 g/mol. The molecule has 0 aliphatic carbocycles. The van der Waals surface area contributed by atoms with Crippen molar-refractivity contribution in [3.63, 3.8) is 0 Å². The van der Waals surface area contributed by atoms with E-state index in [0.717, 1.165) is 0 Å². The first-order valence-corrected chi connectivity index (χ1v) is 6.85. The first-order chi connectivity index (χ1) is 9.47. The SMILES string of the molecule is COCCN=C1NC(=O)C(C)(c2ccc(F)cc2Br)N1. The van der Waals surface area contributed by atoms with Gasteiger partial charge in [0.05, 0.1) is 13.2 Å². The van der Waals surface area contributed by atoms with Crippen molar-refractivity contribution >= 4 is 27.8 Å². The van der Waals surface area contributed by atoms with Crippen LogP contribution in [0, 0.1) is 5.82 Å². The van der Waals surface area contributed by atoms with Crippen molar-refractivity contribution in [1.82, 2.24) is 10.6 Å². The maximum absolute atomic E-state index is 13.2. The summed E-state index contributed by atoms with van der Waals surface area (Å²) in [7, 11) is 1.58. The van der Waals surface area contributed by atoms with Gasteiger partial charge in [0.1, 0.15) is 11.4 Å². The van der Waals surface area contributed by atoms with Gasteiger partial charge in [0, 0.05) is 17.1 Å². The zero-order chi connectivity index (χ0) is 14.8. The summed E-state index contributed by atoms with van der Waals surface area (Å²) in [6.07, 6.45) is 0. The molecule has 20 heavy (non-hydrogen) atoms. The van der Waals surface area contributed by atoms with Gasteiger partial charge in [-0.1, -0.05) is 22.0 Å². The van der Waals surface area contributed by atoms with Crippen LogP contribution in [0.15, 0.2) is 27.7 Å². The highest BCUT2D eigenvalue weighted by atomic mass is 79.9. The zero-order valence-electron chi connectivity index (χ0n) is 11.2. The molecule has 0 bridgehead atoms. The van der Waals surface area contributed by atoms with Crippen LogP contribution < -0.4 is 10.6 Å². The molecule has 1 aromatic rings. The van der Waals surface area contributed by atoms with Crippen molar-refractivity contribution in [1.29, 1.82) is 0 Å². The van der Waals surface area contributed by atoms with Gasteiger partial charge in [-0.25, -0.2) is 4.39 Å². The molecule has 0 spiro atoms. The number of carbonyl (C=O) groups excluding carboxylic acids is 1. The summed E-state index contributed by atoms with van der Waals surface area (Å²) in [5.74, 6) is -0.205. The van der Waals surface area contributed by atoms with Gasteiger partial charge >= 0.3 is 0 Å². The predicted molar refractivity (Wildman–Crippen MR) is 76.9 cm³/mol. The molecule has 7 heteroatoms. The van der Waals surface area contributed by atoms with Gasteiger partial charge in [0.2, 0.25) is 0 Å². The number of nitrogens with one attached hydrogen (secondary N) is 2. The van der Waals surface area contributed by atoms with E-state index in [0.29, 0.717) is 29.1 Å². The smallest absolute Gasteiger partial charge is 0.256 e. The van der Waals surface area contributed by atoms with Crippen LogP contribution in [0.2, 0.25) is 0 Å². The molecule has 1 amide bonds. The molecule has 1 fully saturated rings. The summed E-state index contributed by atoms with van der Waals surface area (Å²) in [5.41, 5.74) is -0.341. The maximum Gasteiger partial charge on any atom is 0.256 e. The van der Waals surface area contributed by atoms with E-state index < -0.39 is 5.54 Å². The number of carbonyl (C=O) groups is 1. The first-order valence-electron chi connectivity index (χ1n) is 6.06. The second-order valence-electron chi connectivity index (χ2n) is 4.55. The molecule has 0 radical (unpaired) electrons. The second-order valence-corrected chi connectivity index (χ2v) is 5.41. The second kappa shape index (κ2) is 5.88. The van der Waals surface area contributed by atoms with Crippen LogP contribution in [0.1, 0.15) is 12.5 Å². The van der Waals surface area contributed by atoms with Gasteiger partial charge in [-0.2, -0.15) is 0 Å². The normalized spacial score (nSPS) is 23.8. The van der Waals surface area contributed by atoms with Crippen molar-refractivity contribution in [3.05, 3.63) is 34.1 Å². The summed E-state index contributed by atoms with van der Waals surface area (Å²) in [5, 5.41) is 5.71. The van der Waals surface area contributed by atoms with E-state index in [-0.39, 0.29) is 11.7 Å². The Balaban J connectivity index is 2.26. The van der Waals surface area contributed by atoms with Gasteiger partial charge in [-0.05, 0) is 19.1 Å². The molecule has 1 unspecified atom stereocenters. The van der Waals surface area contributed by atoms with Crippen LogP contribution in [0.3, 0.4) is 0 Å². The quantitative estimate of drug-likeness (QED) is 0.815. The molecule has 2 N–H and O–H groups in total. The lowest BCUT2D eigenvalue weighted by atomic mass is 9.92. The number of hydrogen-bond donors (Lipinski definition) is 2. The number of guanidine groups is 1. The third-order valence-electron chi connectivity index (χ3n) is 3.09. The lowest BCUT2D eigenvalue weighted by Crippen LogP contribution is -2.41. The Labute approximate surface area is 124 Å². The minimum absolute atomic E-state index is 0.235. The summed E-state index contributed by atoms with van der Waals surface area (Å²) in [6, 6.07) is 4.22. The fraction of sp³-hybridized carbons (Fsp3) is 0.385. The van der Waals surface area contributed by atoms with Crippen LogP contribution >= 0.6 is 15.9 Å². The van der Waals surface area contributed by atoms with E-state index in [2.05, 4.69) is 31.6 Å². The fourth-order valence-electron chi connectivity index (χ4n) is 1.97. The average Bonchev–Trinajstić information content (AvgIpc) is 2.66. The summed E-state index contributed by atoms with van der Waals surface area (Å²) in [4.78, 5) is 16.4. The van der Waals surface area contributed by atoms with Crippen LogP contribution in [-0.4, -0.2) is 32.1 Å². The Kier molecular flexibility index (Phi) is 4.39. The molecule has 108 valence electrons. The third kappa shape index (κ3) is 2.83. The van der Waals surface area contributed by atoms with E-state index in [1.54, 1.807) is 20.1 Å². The van der Waals surface area contributed by atoms with E-state index in [9.17, 15) is 9.18 Å². The zero-order valence-corrected chi connectivity index (χ0v) is 12.8. The molecule has 0 aromatic heterocycles. The van der Waals surface area contributed by atoms with Gasteiger partial charge < -0.3 is 10.1 Å². The van der Waals surface area contributed by atoms with Crippen LogP contribution in [-0.2, 0) is 15.1 Å². The minimum atomic E-state index is -0.988. The number of amides is 1. The van der Waals surface area contributed by atoms with Gasteiger partial charge in [-0.15, -0.1) is 0 Å². The molecule has 1 aliphatic rings. The summed E-state index contributed by atoms with van der Waals surface area (Å²) in [6.45, 7) is 2.64. The van der Waals surface area contributed by atoms with Gasteiger partial charge in [-0.3, -0.25) is 15.1 Å². The van der Waals surface area contributed by atoms with Crippen molar-refractivity contribution in [3.8, 4) is 0 Å². The number of hydrogen-bond acceptors (Lipinski definition) is 3. The Hall–Kier alpha value is -1.47. The maximum atomic E-state index is 13.2. The number of halogens is 2. The third-order valence-corrected chi connectivity index (χ3v) is 3.75. The predicted octanol–water partition coefficient (Wildman–Crippen LogP) is 1.53. The van der Waals surface area contributed by atoms with E-state index in [1.165, 1.54) is 12.1 Å². The molecule has 1 aromatic carbocycles. The van der Waals surface area contributed by atoms with Crippen LogP contribution in [0.25, 0.3) is 0 Å². The van der Waals surface area contributed by atoms with Crippen LogP contribution in [0.5, 0.6) is 0 Å². The fourth-order valence-corrected chi connectivity index (χ4v) is 2.72. The van der Waals surface area contributed by atoms with E-state index >= 15 is 0 Å². The van der Waals surface area contributed by atoms with E-state index in [4.69, 9.17) is 4.74 Å². The first kappa shape index (κ1) is 14.9. The number of aliphatic imine (C=N–C) groups is 1. The lowest BCUT2D eigenvalue weighted by molar-refractivity contribution is -0.123. The highest BCUT2D eigenvalue weighted by Gasteiger charge is 2.43. The molecule has 2 rings (SSSR count). The molecule has 1 saturated heterocycles. The van der Waals surface area contributed by atoms with Crippen LogP contribution in [0.4, 0.5) is 4.39 Å². The number of ether oxygens (including phenoxy) is 1. The largest absolute Gasteiger partial charge is 0.383 e. The Morgan fingerprint density at radius 3 is 2.90 bits per heavy atom. The van der Waals surface area contributed by atoms with Crippen molar-refractivity contribution < 1.29 is 13.9 Å². The monoisotopic (exact) mass is 343 g/mol. The number of nitrogens with zero attached hydrogens (tertiary/aromatic N) is 1. The van der Waals surface area contributed by atoms with Crippen molar-refractivity contribution in [2.75, 3.05) is 20.3 Å². The number of methoxy groups -OCH3 is 1. The Bertz CT molecular complexity index is 565. The number of benzene rings is 1. The Morgan fingerprint density at radius 1 is 1.50 bits per heavy atom. The molecule has 0 saturated carbocycles. The van der Waals surface area contributed by atoms with E-state index in [1.807, 2.05) is 0 Å². The van der Waals surface area contributed by atoms with Gasteiger partial charge in [0.25, 0.3) is 5.91 Å². The summed E-state index contributed by atoms with van der Waals surface area (Å²) < 4.78 is 18.6. The lowest BCUT2D eigenvalue weighted by Gasteiger charge is -2.23. The molecule has 1 heterocycles. The topological polar surface area (TPSA) is 62.7 Å². The molecule has 1 atom stereocenters. The molecule has 1 aliphatic heterocycles. The molecule has 5 nitrogen and oxygen atoms in total. The minimum Gasteiger partial charge on any atom is -0.383 e. The highest BCUT2D eigenvalue weighted by molar-refractivity contribution is 9.10. The Morgan fingerprint density at radius 2 is 2.25 bits per heavy atom. The summed E-state index contributed by atoms with van der Waals surface area (Å²) >= 11 is 3.28. The standard InChI is InChI=1S/C13H15BrFN3O2/c1-13(9-4-3-8(15)7-10(9)14)11(19)17-12(18-13)16-5-6-20-2/h3-4,7H,5-6H2,1-2H3,(H2,16,17,18,19). The highest BCUT2D eigenvalue weighted by Crippen LogP contribution is 2.31. The average molecular weight is 344 g/mol.